The van der Waals surface area contributed by atoms with Crippen LogP contribution in [0.2, 0.25) is 0 Å². The van der Waals surface area contributed by atoms with Crippen molar-refractivity contribution in [3.63, 3.8) is 0 Å². The Bertz CT molecular complexity index is 1160. The summed E-state index contributed by atoms with van der Waals surface area (Å²) in [4.78, 5) is 9.15. The number of hydrogen-bond donors (Lipinski definition) is 0. The molecular formula is C21H16BrF3N2O3S. The van der Waals surface area contributed by atoms with Crippen molar-refractivity contribution in [2.24, 2.45) is 0 Å². The first-order chi connectivity index (χ1) is 14.7. The summed E-state index contributed by atoms with van der Waals surface area (Å²) in [5.74, 6) is 0. The number of benzene rings is 2. The van der Waals surface area contributed by atoms with Gasteiger partial charge in [0.2, 0.25) is 15.9 Å². The summed E-state index contributed by atoms with van der Waals surface area (Å²) in [7, 11) is -4.54. The molecule has 5 nitrogen and oxygen atoms in total. The van der Waals surface area contributed by atoms with Crippen molar-refractivity contribution < 1.29 is 26.4 Å². The Balaban J connectivity index is 1.96. The lowest BCUT2D eigenvalue weighted by Gasteiger charge is -2.28. The van der Waals surface area contributed by atoms with E-state index in [-0.39, 0.29) is 0 Å². The Morgan fingerprint density at radius 1 is 0.935 bits per heavy atom. The van der Waals surface area contributed by atoms with Gasteiger partial charge in [-0.05, 0) is 35.9 Å². The molecule has 31 heavy (non-hydrogen) atoms. The van der Waals surface area contributed by atoms with E-state index in [0.29, 0.717) is 15.7 Å². The fourth-order valence-corrected chi connectivity index (χ4v) is 5.99. The van der Waals surface area contributed by atoms with Crippen molar-refractivity contribution in [1.29, 1.82) is 0 Å². The second-order valence-electron chi connectivity index (χ2n) is 6.87. The molecule has 162 valence electrons. The van der Waals surface area contributed by atoms with E-state index in [1.165, 1.54) is 24.4 Å². The van der Waals surface area contributed by atoms with Gasteiger partial charge in [0.1, 0.15) is 11.3 Å². The van der Waals surface area contributed by atoms with Gasteiger partial charge >= 0.3 is 6.18 Å². The zero-order valence-electron chi connectivity index (χ0n) is 15.8. The summed E-state index contributed by atoms with van der Waals surface area (Å²) in [6.45, 7) is 0. The van der Waals surface area contributed by atoms with E-state index in [0.717, 1.165) is 5.06 Å². The van der Waals surface area contributed by atoms with Crippen LogP contribution in [0.5, 0.6) is 0 Å². The number of hydroxylamine groups is 1. The molecule has 1 aliphatic rings. The minimum Gasteiger partial charge on any atom is -0.258 e. The van der Waals surface area contributed by atoms with E-state index in [1.54, 1.807) is 54.6 Å². The lowest BCUT2D eigenvalue weighted by atomic mass is 10.0. The van der Waals surface area contributed by atoms with E-state index in [1.807, 2.05) is 0 Å². The van der Waals surface area contributed by atoms with Gasteiger partial charge in [0, 0.05) is 10.7 Å². The van der Waals surface area contributed by atoms with Crippen molar-refractivity contribution in [3.05, 3.63) is 89.0 Å². The van der Waals surface area contributed by atoms with E-state index >= 15 is 0 Å². The molecule has 0 bridgehead atoms. The molecule has 10 heteroatoms. The molecule has 0 spiro atoms. The van der Waals surface area contributed by atoms with Gasteiger partial charge in [-0.2, -0.15) is 13.2 Å². The van der Waals surface area contributed by atoms with E-state index in [2.05, 4.69) is 20.9 Å². The standard InChI is InChI=1S/C21H16BrF3N2O3S/c22-16-11-5-4-10-15(16)18-19(31(28,29)17-12-6-7-13-26-17)20(21(23,24)25)30-27(18)14-8-2-1-3-9-14/h1-13,18-20H/t18-,19-,20-/m1/s1. The average molecular weight is 513 g/mol. The summed E-state index contributed by atoms with van der Waals surface area (Å²) in [6.07, 6.45) is -6.29. The molecule has 3 atom stereocenters. The first kappa shape index (κ1) is 21.8. The molecule has 2 heterocycles. The topological polar surface area (TPSA) is 59.5 Å². The predicted octanol–water partition coefficient (Wildman–Crippen LogP) is 5.11. The summed E-state index contributed by atoms with van der Waals surface area (Å²) in [5.41, 5.74) is 0.652. The molecule has 0 amide bonds. The third kappa shape index (κ3) is 4.07. The predicted molar refractivity (Wildman–Crippen MR) is 112 cm³/mol. The number of anilines is 1. The highest BCUT2D eigenvalue weighted by molar-refractivity contribution is 9.10. The third-order valence-corrected chi connectivity index (χ3v) is 7.70. The molecule has 0 unspecified atom stereocenters. The number of rotatable bonds is 4. The Morgan fingerprint density at radius 2 is 1.58 bits per heavy atom. The van der Waals surface area contributed by atoms with Crippen molar-refractivity contribution in [2.75, 3.05) is 5.06 Å². The Kier molecular flexibility index (Phi) is 5.80. The molecule has 4 rings (SSSR count). The zero-order chi connectivity index (χ0) is 22.2. The van der Waals surface area contributed by atoms with E-state index in [9.17, 15) is 21.6 Å². The van der Waals surface area contributed by atoms with Gasteiger partial charge < -0.3 is 0 Å². The van der Waals surface area contributed by atoms with Crippen LogP contribution in [0, 0.1) is 0 Å². The monoisotopic (exact) mass is 512 g/mol. The molecule has 0 saturated carbocycles. The molecule has 1 aliphatic heterocycles. The van der Waals surface area contributed by atoms with Crippen LogP contribution >= 0.6 is 15.9 Å². The second kappa shape index (κ2) is 8.25. The highest BCUT2D eigenvalue weighted by atomic mass is 79.9. The highest BCUT2D eigenvalue weighted by Crippen LogP contribution is 2.48. The van der Waals surface area contributed by atoms with Gasteiger partial charge in [-0.25, -0.2) is 18.5 Å². The number of aromatic nitrogens is 1. The molecule has 3 aromatic rings. The van der Waals surface area contributed by atoms with Crippen molar-refractivity contribution in [1.82, 2.24) is 4.98 Å². The number of sulfone groups is 1. The number of para-hydroxylation sites is 1. The number of nitrogens with zero attached hydrogens (tertiary/aromatic N) is 2. The number of alkyl halides is 3. The molecule has 0 radical (unpaired) electrons. The lowest BCUT2D eigenvalue weighted by molar-refractivity contribution is -0.208. The normalized spacial score (nSPS) is 21.9. The van der Waals surface area contributed by atoms with Crippen LogP contribution in [0.25, 0.3) is 0 Å². The fraction of sp³-hybridized carbons (Fsp3) is 0.190. The van der Waals surface area contributed by atoms with Crippen LogP contribution in [-0.2, 0) is 14.7 Å². The zero-order valence-corrected chi connectivity index (χ0v) is 18.2. The quantitative estimate of drug-likeness (QED) is 0.486. The molecule has 1 saturated heterocycles. The van der Waals surface area contributed by atoms with Crippen molar-refractivity contribution >= 4 is 31.5 Å². The first-order valence-electron chi connectivity index (χ1n) is 9.18. The Hall–Kier alpha value is -2.43. The van der Waals surface area contributed by atoms with Gasteiger partial charge in [-0.15, -0.1) is 0 Å². The molecule has 0 N–H and O–H groups in total. The smallest absolute Gasteiger partial charge is 0.258 e. The Labute approximate surface area is 185 Å². The summed E-state index contributed by atoms with van der Waals surface area (Å²) >= 11 is 3.35. The number of halogens is 4. The van der Waals surface area contributed by atoms with E-state index < -0.39 is 38.4 Å². The minimum absolute atomic E-state index is 0.302. The van der Waals surface area contributed by atoms with Crippen LogP contribution in [-0.4, -0.2) is 30.9 Å². The van der Waals surface area contributed by atoms with Gasteiger partial charge in [0.25, 0.3) is 0 Å². The maximum absolute atomic E-state index is 14.1. The van der Waals surface area contributed by atoms with Crippen LogP contribution in [0.3, 0.4) is 0 Å². The molecular weight excluding hydrogens is 497 g/mol. The largest absolute Gasteiger partial charge is 0.418 e. The maximum Gasteiger partial charge on any atom is 0.418 e. The minimum atomic E-state index is -4.93. The van der Waals surface area contributed by atoms with Crippen LogP contribution < -0.4 is 5.06 Å². The maximum atomic E-state index is 14.1. The number of hydrogen-bond acceptors (Lipinski definition) is 5. The molecule has 1 fully saturated rings. The van der Waals surface area contributed by atoms with Gasteiger partial charge in [0.15, 0.2) is 5.03 Å². The van der Waals surface area contributed by atoms with Crippen molar-refractivity contribution in [3.8, 4) is 0 Å². The summed E-state index contributed by atoms with van der Waals surface area (Å²) in [6, 6.07) is 17.5. The first-order valence-corrected chi connectivity index (χ1v) is 11.5. The van der Waals surface area contributed by atoms with Gasteiger partial charge in [0.05, 0.1) is 5.69 Å². The molecule has 0 aliphatic carbocycles. The summed E-state index contributed by atoms with van der Waals surface area (Å²) in [5, 5.41) is -1.39. The molecule has 2 aromatic carbocycles. The van der Waals surface area contributed by atoms with Crippen LogP contribution in [0.1, 0.15) is 11.6 Å². The SMILES string of the molecule is O=S(=O)(c1ccccn1)[C@@H]1[C@@H](c2ccccc2Br)N(c2ccccc2)O[C@H]1C(F)(F)F. The average Bonchev–Trinajstić information content (AvgIpc) is 3.17. The Morgan fingerprint density at radius 3 is 2.19 bits per heavy atom. The lowest BCUT2D eigenvalue weighted by Crippen LogP contribution is -2.43. The third-order valence-electron chi connectivity index (χ3n) is 4.93. The van der Waals surface area contributed by atoms with Gasteiger partial charge in [-0.3, -0.25) is 4.84 Å². The van der Waals surface area contributed by atoms with E-state index in [4.69, 9.17) is 4.84 Å². The fourth-order valence-electron chi connectivity index (χ4n) is 3.59. The van der Waals surface area contributed by atoms with Gasteiger partial charge in [-0.1, -0.05) is 58.4 Å². The number of pyridine rings is 1. The van der Waals surface area contributed by atoms with Crippen LogP contribution in [0.15, 0.2) is 88.5 Å². The highest BCUT2D eigenvalue weighted by Gasteiger charge is 2.62. The summed E-state index contributed by atoms with van der Waals surface area (Å²) < 4.78 is 69.7. The van der Waals surface area contributed by atoms with Crippen molar-refractivity contribution in [2.45, 2.75) is 28.6 Å². The van der Waals surface area contributed by atoms with Crippen LogP contribution in [0.4, 0.5) is 18.9 Å². The second-order valence-corrected chi connectivity index (χ2v) is 9.78. The molecule has 1 aromatic heterocycles.